The fourth-order valence-electron chi connectivity index (χ4n) is 3.27. The van der Waals surface area contributed by atoms with Gasteiger partial charge in [-0.2, -0.15) is 13.2 Å². The molecule has 3 rings (SSSR count). The highest BCUT2D eigenvalue weighted by Gasteiger charge is 2.46. The molecule has 0 atom stereocenters. The first-order valence-corrected chi connectivity index (χ1v) is 6.94. The number of benzene rings is 1. The van der Waals surface area contributed by atoms with Crippen LogP contribution in [0, 0.1) is 5.92 Å². The average molecular weight is 286 g/mol. The highest BCUT2D eigenvalue weighted by atomic mass is 19.4. The van der Waals surface area contributed by atoms with E-state index in [0.717, 1.165) is 12.0 Å². The van der Waals surface area contributed by atoms with Gasteiger partial charge in [-0.3, -0.25) is 0 Å². The SMILES string of the molecule is OC1(c2cccc3c2OCC3)CCC(C(F)(F)F)CC1. The van der Waals surface area contributed by atoms with E-state index in [1.807, 2.05) is 12.1 Å². The highest BCUT2D eigenvalue weighted by Crippen LogP contribution is 2.48. The first kappa shape index (κ1) is 13.7. The first-order chi connectivity index (χ1) is 9.40. The van der Waals surface area contributed by atoms with Crippen molar-refractivity contribution in [2.24, 2.45) is 5.92 Å². The number of hydrogen-bond donors (Lipinski definition) is 1. The van der Waals surface area contributed by atoms with Crippen LogP contribution in [0.1, 0.15) is 36.8 Å². The van der Waals surface area contributed by atoms with Crippen molar-refractivity contribution >= 4 is 0 Å². The second-order valence-electron chi connectivity index (χ2n) is 5.74. The molecule has 0 amide bonds. The minimum atomic E-state index is -4.16. The van der Waals surface area contributed by atoms with E-state index in [4.69, 9.17) is 4.74 Å². The van der Waals surface area contributed by atoms with Gasteiger partial charge in [-0.1, -0.05) is 18.2 Å². The van der Waals surface area contributed by atoms with Crippen molar-refractivity contribution in [3.63, 3.8) is 0 Å². The van der Waals surface area contributed by atoms with Crippen molar-refractivity contribution in [1.29, 1.82) is 0 Å². The second kappa shape index (κ2) is 4.65. The summed E-state index contributed by atoms with van der Waals surface area (Å²) in [5, 5.41) is 10.7. The third-order valence-electron chi connectivity index (χ3n) is 4.49. The molecule has 0 aromatic heterocycles. The van der Waals surface area contributed by atoms with Gasteiger partial charge in [0.2, 0.25) is 0 Å². The lowest BCUT2D eigenvalue weighted by Crippen LogP contribution is -2.36. The summed E-state index contributed by atoms with van der Waals surface area (Å²) in [6.07, 6.45) is -3.14. The van der Waals surface area contributed by atoms with Crippen molar-refractivity contribution < 1.29 is 23.0 Å². The second-order valence-corrected chi connectivity index (χ2v) is 5.74. The van der Waals surface area contributed by atoms with Crippen molar-refractivity contribution in [1.82, 2.24) is 0 Å². The molecule has 20 heavy (non-hydrogen) atoms. The molecule has 1 aliphatic heterocycles. The van der Waals surface area contributed by atoms with Crippen molar-refractivity contribution in [3.05, 3.63) is 29.3 Å². The third kappa shape index (κ3) is 2.28. The molecule has 1 saturated carbocycles. The van der Waals surface area contributed by atoms with E-state index in [1.165, 1.54) is 0 Å². The summed E-state index contributed by atoms with van der Waals surface area (Å²) in [7, 11) is 0. The molecule has 0 saturated heterocycles. The highest BCUT2D eigenvalue weighted by molar-refractivity contribution is 5.47. The zero-order valence-electron chi connectivity index (χ0n) is 11.0. The van der Waals surface area contributed by atoms with E-state index in [-0.39, 0.29) is 25.7 Å². The molecule has 0 radical (unpaired) electrons. The van der Waals surface area contributed by atoms with E-state index < -0.39 is 17.7 Å². The molecule has 1 aromatic rings. The number of rotatable bonds is 1. The Labute approximate surface area is 115 Å². The Morgan fingerprint density at radius 1 is 1.20 bits per heavy atom. The van der Waals surface area contributed by atoms with Crippen LogP contribution in [-0.2, 0) is 12.0 Å². The maximum atomic E-state index is 12.7. The minimum absolute atomic E-state index is 0.0241. The number of fused-ring (bicyclic) bond motifs is 1. The maximum absolute atomic E-state index is 12.7. The van der Waals surface area contributed by atoms with Crippen molar-refractivity contribution in [3.8, 4) is 5.75 Å². The fourth-order valence-corrected chi connectivity index (χ4v) is 3.27. The Balaban J connectivity index is 1.83. The largest absolute Gasteiger partial charge is 0.493 e. The van der Waals surface area contributed by atoms with Gasteiger partial charge >= 0.3 is 6.18 Å². The number of aliphatic hydroxyl groups is 1. The van der Waals surface area contributed by atoms with E-state index >= 15 is 0 Å². The summed E-state index contributed by atoms with van der Waals surface area (Å²) in [5.41, 5.74) is 0.513. The number of para-hydroxylation sites is 1. The summed E-state index contributed by atoms with van der Waals surface area (Å²) in [5.74, 6) is -0.610. The van der Waals surface area contributed by atoms with Crippen molar-refractivity contribution in [2.75, 3.05) is 6.61 Å². The molecule has 2 aliphatic rings. The Hall–Kier alpha value is -1.23. The van der Waals surface area contributed by atoms with E-state index in [9.17, 15) is 18.3 Å². The van der Waals surface area contributed by atoms with Gasteiger partial charge in [-0.25, -0.2) is 0 Å². The van der Waals surface area contributed by atoms with E-state index in [2.05, 4.69) is 0 Å². The Kier molecular flexibility index (Phi) is 3.20. The lowest BCUT2D eigenvalue weighted by molar-refractivity contribution is -0.193. The molecule has 1 fully saturated rings. The Bertz CT molecular complexity index is 502. The predicted octanol–water partition coefficient (Wildman–Crippen LogP) is 3.56. The first-order valence-electron chi connectivity index (χ1n) is 6.94. The summed E-state index contributed by atoms with van der Waals surface area (Å²) in [4.78, 5) is 0. The summed E-state index contributed by atoms with van der Waals surface area (Å²) >= 11 is 0. The average Bonchev–Trinajstić information content (AvgIpc) is 2.86. The van der Waals surface area contributed by atoms with Gasteiger partial charge < -0.3 is 9.84 Å². The van der Waals surface area contributed by atoms with Crippen LogP contribution in [0.3, 0.4) is 0 Å². The number of ether oxygens (including phenoxy) is 1. The van der Waals surface area contributed by atoms with Crippen LogP contribution in [0.2, 0.25) is 0 Å². The molecule has 2 nitrogen and oxygen atoms in total. The molecule has 0 unspecified atom stereocenters. The van der Waals surface area contributed by atoms with Crippen LogP contribution < -0.4 is 4.74 Å². The summed E-state index contributed by atoms with van der Waals surface area (Å²) in [6.45, 7) is 0.577. The lowest BCUT2D eigenvalue weighted by atomic mass is 9.74. The molecule has 1 aromatic carbocycles. The molecule has 1 N–H and O–H groups in total. The zero-order valence-corrected chi connectivity index (χ0v) is 11.0. The maximum Gasteiger partial charge on any atom is 0.391 e. The van der Waals surface area contributed by atoms with Crippen LogP contribution in [-0.4, -0.2) is 17.9 Å². The van der Waals surface area contributed by atoms with E-state index in [1.54, 1.807) is 6.07 Å². The van der Waals surface area contributed by atoms with Crippen molar-refractivity contribution in [2.45, 2.75) is 43.9 Å². The molecule has 0 bridgehead atoms. The van der Waals surface area contributed by atoms with Gasteiger partial charge in [0.1, 0.15) is 5.75 Å². The standard InChI is InChI=1S/C15H17F3O2/c16-15(17,18)11-4-7-14(19,8-5-11)12-3-1-2-10-6-9-20-13(10)12/h1-3,11,19H,4-9H2. The van der Waals surface area contributed by atoms with Crippen LogP contribution in [0.25, 0.3) is 0 Å². The van der Waals surface area contributed by atoms with Gasteiger partial charge in [-0.15, -0.1) is 0 Å². The molecule has 0 spiro atoms. The fraction of sp³-hybridized carbons (Fsp3) is 0.600. The Morgan fingerprint density at radius 3 is 2.55 bits per heavy atom. The van der Waals surface area contributed by atoms with Crippen LogP contribution >= 0.6 is 0 Å². The van der Waals surface area contributed by atoms with Crippen LogP contribution in [0.15, 0.2) is 18.2 Å². The number of halogens is 3. The number of alkyl halides is 3. The molecule has 1 aliphatic carbocycles. The van der Waals surface area contributed by atoms with Crippen LogP contribution in [0.5, 0.6) is 5.75 Å². The lowest BCUT2D eigenvalue weighted by Gasteiger charge is -2.37. The predicted molar refractivity (Wildman–Crippen MR) is 67.6 cm³/mol. The van der Waals surface area contributed by atoms with Gasteiger partial charge in [-0.05, 0) is 31.2 Å². The summed E-state index contributed by atoms with van der Waals surface area (Å²) in [6, 6.07) is 5.56. The minimum Gasteiger partial charge on any atom is -0.493 e. The third-order valence-corrected chi connectivity index (χ3v) is 4.49. The molecular weight excluding hydrogens is 269 g/mol. The van der Waals surface area contributed by atoms with Gasteiger partial charge in [0.15, 0.2) is 0 Å². The smallest absolute Gasteiger partial charge is 0.391 e. The molecule has 5 heteroatoms. The molecule has 110 valence electrons. The van der Waals surface area contributed by atoms with Gasteiger partial charge in [0.05, 0.1) is 18.1 Å². The monoisotopic (exact) mass is 286 g/mol. The van der Waals surface area contributed by atoms with Gasteiger partial charge in [0.25, 0.3) is 0 Å². The number of hydrogen-bond acceptors (Lipinski definition) is 2. The molecule has 1 heterocycles. The summed E-state index contributed by atoms with van der Waals surface area (Å²) < 4.78 is 43.7. The molecular formula is C15H17F3O2. The Morgan fingerprint density at radius 2 is 1.90 bits per heavy atom. The normalized spacial score (nSPS) is 29.9. The quantitative estimate of drug-likeness (QED) is 0.855. The van der Waals surface area contributed by atoms with Crippen LogP contribution in [0.4, 0.5) is 13.2 Å². The zero-order chi connectivity index (χ0) is 14.4. The van der Waals surface area contributed by atoms with Gasteiger partial charge in [0, 0.05) is 12.0 Å². The van der Waals surface area contributed by atoms with E-state index in [0.29, 0.717) is 17.9 Å². The topological polar surface area (TPSA) is 29.5 Å².